The van der Waals surface area contributed by atoms with Crippen molar-refractivity contribution < 1.29 is 9.84 Å². The van der Waals surface area contributed by atoms with E-state index in [4.69, 9.17) is 14.7 Å². The Morgan fingerprint density at radius 1 is 0.511 bits per heavy atom. The molecule has 0 saturated carbocycles. The predicted molar refractivity (Wildman–Crippen MR) is 190 cm³/mol. The number of ether oxygens (including phenoxy) is 1. The molecular formula is C42H27N3O2. The van der Waals surface area contributed by atoms with Crippen molar-refractivity contribution in [3.63, 3.8) is 0 Å². The number of hydrogen-bond donors (Lipinski definition) is 1. The van der Waals surface area contributed by atoms with E-state index in [1.54, 1.807) is 6.07 Å². The third-order valence-electron chi connectivity index (χ3n) is 8.76. The SMILES string of the molecule is Oc1cccc2ccc(Oc3cc4c(cc3-c3ccccc3)c3cc(-c5ccccc5)ccc3n4-c3ccc4ccccc4n3)nc12. The van der Waals surface area contributed by atoms with Gasteiger partial charge in [0.1, 0.15) is 22.8 Å². The van der Waals surface area contributed by atoms with Gasteiger partial charge >= 0.3 is 0 Å². The highest BCUT2D eigenvalue weighted by Crippen LogP contribution is 2.42. The van der Waals surface area contributed by atoms with Crippen molar-refractivity contribution in [3.8, 4) is 45.5 Å². The molecule has 0 atom stereocenters. The van der Waals surface area contributed by atoms with E-state index < -0.39 is 0 Å². The molecule has 0 unspecified atom stereocenters. The predicted octanol–water partition coefficient (Wildman–Crippen LogP) is 10.7. The molecule has 5 nitrogen and oxygen atoms in total. The minimum Gasteiger partial charge on any atom is -0.506 e. The Bertz CT molecular complexity index is 2610. The van der Waals surface area contributed by atoms with Gasteiger partial charge in [-0.05, 0) is 65.2 Å². The molecule has 9 aromatic rings. The first-order chi connectivity index (χ1) is 23.2. The molecule has 0 saturated heterocycles. The molecule has 5 heteroatoms. The van der Waals surface area contributed by atoms with E-state index in [0.29, 0.717) is 17.1 Å². The van der Waals surface area contributed by atoms with Crippen molar-refractivity contribution in [1.29, 1.82) is 0 Å². The van der Waals surface area contributed by atoms with Gasteiger partial charge in [-0.25, -0.2) is 9.97 Å². The number of rotatable bonds is 5. The van der Waals surface area contributed by atoms with Gasteiger partial charge in [-0.2, -0.15) is 0 Å². The molecule has 3 aromatic heterocycles. The van der Waals surface area contributed by atoms with E-state index in [1.165, 1.54) is 0 Å². The lowest BCUT2D eigenvalue weighted by Crippen LogP contribution is -1.98. The number of aromatic nitrogens is 3. The molecule has 0 spiro atoms. The summed E-state index contributed by atoms with van der Waals surface area (Å²) >= 11 is 0. The molecule has 222 valence electrons. The molecular weight excluding hydrogens is 578 g/mol. The van der Waals surface area contributed by atoms with E-state index in [9.17, 15) is 5.11 Å². The van der Waals surface area contributed by atoms with Crippen molar-refractivity contribution in [3.05, 3.63) is 158 Å². The number of phenols is 1. The number of nitrogens with zero attached hydrogens (tertiary/aromatic N) is 3. The van der Waals surface area contributed by atoms with Gasteiger partial charge in [-0.15, -0.1) is 0 Å². The van der Waals surface area contributed by atoms with E-state index >= 15 is 0 Å². The van der Waals surface area contributed by atoms with Crippen molar-refractivity contribution >= 4 is 43.6 Å². The Hall–Kier alpha value is -6.46. The van der Waals surface area contributed by atoms with Gasteiger partial charge in [0.15, 0.2) is 0 Å². The zero-order valence-corrected chi connectivity index (χ0v) is 25.2. The normalized spacial score (nSPS) is 11.5. The molecule has 0 bridgehead atoms. The summed E-state index contributed by atoms with van der Waals surface area (Å²) < 4.78 is 8.84. The fourth-order valence-corrected chi connectivity index (χ4v) is 6.49. The van der Waals surface area contributed by atoms with Crippen LogP contribution in [0.3, 0.4) is 0 Å². The van der Waals surface area contributed by atoms with Crippen LogP contribution in [0, 0.1) is 0 Å². The summed E-state index contributed by atoms with van der Waals surface area (Å²) in [6.45, 7) is 0. The summed E-state index contributed by atoms with van der Waals surface area (Å²) in [5, 5.41) is 14.7. The fourth-order valence-electron chi connectivity index (χ4n) is 6.49. The van der Waals surface area contributed by atoms with E-state index in [0.717, 1.165) is 66.2 Å². The first-order valence-corrected chi connectivity index (χ1v) is 15.6. The number of pyridine rings is 2. The summed E-state index contributed by atoms with van der Waals surface area (Å²) in [5.41, 5.74) is 7.70. The summed E-state index contributed by atoms with van der Waals surface area (Å²) in [6.07, 6.45) is 0. The average molecular weight is 606 g/mol. The second kappa shape index (κ2) is 10.9. The number of para-hydroxylation sites is 2. The maximum atomic E-state index is 10.5. The summed E-state index contributed by atoms with van der Waals surface area (Å²) in [5.74, 6) is 1.99. The topological polar surface area (TPSA) is 60.2 Å². The van der Waals surface area contributed by atoms with Crippen LogP contribution in [0.2, 0.25) is 0 Å². The van der Waals surface area contributed by atoms with Crippen molar-refractivity contribution in [1.82, 2.24) is 14.5 Å². The van der Waals surface area contributed by atoms with Gasteiger partial charge in [0, 0.05) is 39.2 Å². The molecule has 3 heterocycles. The van der Waals surface area contributed by atoms with Crippen LogP contribution in [0.15, 0.2) is 158 Å². The zero-order valence-electron chi connectivity index (χ0n) is 25.2. The largest absolute Gasteiger partial charge is 0.506 e. The van der Waals surface area contributed by atoms with E-state index in [1.807, 2.05) is 66.7 Å². The maximum absolute atomic E-state index is 10.5. The van der Waals surface area contributed by atoms with Crippen molar-refractivity contribution in [2.24, 2.45) is 0 Å². The van der Waals surface area contributed by atoms with Gasteiger partial charge in [0.25, 0.3) is 0 Å². The highest BCUT2D eigenvalue weighted by atomic mass is 16.5. The summed E-state index contributed by atoms with van der Waals surface area (Å²) in [6, 6.07) is 53.2. The maximum Gasteiger partial charge on any atom is 0.219 e. The van der Waals surface area contributed by atoms with Gasteiger partial charge in [0.05, 0.1) is 16.6 Å². The minimum atomic E-state index is 0.114. The first-order valence-electron chi connectivity index (χ1n) is 15.6. The Morgan fingerprint density at radius 3 is 2.09 bits per heavy atom. The third kappa shape index (κ3) is 4.64. The van der Waals surface area contributed by atoms with Gasteiger partial charge < -0.3 is 9.84 Å². The van der Waals surface area contributed by atoms with Gasteiger partial charge in [-0.1, -0.05) is 97.1 Å². The molecule has 0 fully saturated rings. The molecule has 1 N–H and O–H groups in total. The minimum absolute atomic E-state index is 0.114. The molecule has 0 aliphatic carbocycles. The number of hydrogen-bond acceptors (Lipinski definition) is 4. The zero-order chi connectivity index (χ0) is 31.3. The molecule has 0 amide bonds. The third-order valence-corrected chi connectivity index (χ3v) is 8.76. The van der Waals surface area contributed by atoms with E-state index in [2.05, 4.69) is 89.5 Å². The van der Waals surface area contributed by atoms with Crippen LogP contribution in [-0.2, 0) is 0 Å². The number of phenolic OH excluding ortho intramolecular Hbond substituents is 1. The Balaban J connectivity index is 1.33. The van der Waals surface area contributed by atoms with Gasteiger partial charge in [-0.3, -0.25) is 4.57 Å². The molecule has 47 heavy (non-hydrogen) atoms. The van der Waals surface area contributed by atoms with Crippen LogP contribution >= 0.6 is 0 Å². The van der Waals surface area contributed by atoms with E-state index in [-0.39, 0.29) is 5.75 Å². The summed E-state index contributed by atoms with van der Waals surface area (Å²) in [4.78, 5) is 9.81. The molecule has 6 aromatic carbocycles. The highest BCUT2D eigenvalue weighted by Gasteiger charge is 2.20. The number of fused-ring (bicyclic) bond motifs is 5. The Labute approximate surface area is 270 Å². The second-order valence-electron chi connectivity index (χ2n) is 11.6. The van der Waals surface area contributed by atoms with Gasteiger partial charge in [0.2, 0.25) is 5.88 Å². The van der Waals surface area contributed by atoms with Crippen molar-refractivity contribution in [2.45, 2.75) is 0 Å². The Morgan fingerprint density at radius 2 is 1.23 bits per heavy atom. The van der Waals surface area contributed by atoms with Crippen LogP contribution < -0.4 is 4.74 Å². The molecule has 0 radical (unpaired) electrons. The van der Waals surface area contributed by atoms with Crippen LogP contribution in [0.25, 0.3) is 71.7 Å². The van der Waals surface area contributed by atoms with Crippen LogP contribution in [0.5, 0.6) is 17.4 Å². The van der Waals surface area contributed by atoms with Crippen LogP contribution in [0.1, 0.15) is 0 Å². The quantitative estimate of drug-likeness (QED) is 0.212. The first kappa shape index (κ1) is 26.9. The molecule has 0 aliphatic heterocycles. The molecule has 9 rings (SSSR count). The fraction of sp³-hybridized carbons (Fsp3) is 0. The average Bonchev–Trinajstić information content (AvgIpc) is 3.44. The summed E-state index contributed by atoms with van der Waals surface area (Å²) in [7, 11) is 0. The standard InChI is InChI=1S/C42H27N3O2/c46-38-17-9-15-30-20-23-41(44-42(30)38)47-39-26-37-34(25-32(39)28-12-5-2-6-13-28)33-24-31(27-10-3-1-4-11-27)18-21-36(33)45(37)40-22-19-29-14-7-8-16-35(29)43-40/h1-26,46H. The Kier molecular flexibility index (Phi) is 6.22. The number of benzene rings is 6. The second-order valence-corrected chi connectivity index (χ2v) is 11.6. The van der Waals surface area contributed by atoms with Crippen LogP contribution in [-0.4, -0.2) is 19.6 Å². The monoisotopic (exact) mass is 605 g/mol. The smallest absolute Gasteiger partial charge is 0.219 e. The van der Waals surface area contributed by atoms with Crippen LogP contribution in [0.4, 0.5) is 0 Å². The lowest BCUT2D eigenvalue weighted by Gasteiger charge is -2.14. The lowest BCUT2D eigenvalue weighted by molar-refractivity contribution is 0.461. The van der Waals surface area contributed by atoms with Crippen molar-refractivity contribution in [2.75, 3.05) is 0 Å². The molecule has 0 aliphatic rings. The highest BCUT2D eigenvalue weighted by molar-refractivity contribution is 6.12. The lowest BCUT2D eigenvalue weighted by atomic mass is 9.99. The number of aromatic hydroxyl groups is 1.